The van der Waals surface area contributed by atoms with Crippen LogP contribution in [0.15, 0.2) is 28.3 Å². The molecular formula is C10H9Cl2NS. The zero-order valence-corrected chi connectivity index (χ0v) is 9.93. The van der Waals surface area contributed by atoms with Crippen molar-refractivity contribution in [3.63, 3.8) is 0 Å². The van der Waals surface area contributed by atoms with Crippen LogP contribution in [0, 0.1) is 0 Å². The Hall–Kier alpha value is -0.310. The Bertz CT molecular complexity index is 401. The molecule has 0 aliphatic carbocycles. The maximum atomic E-state index is 6.15. The average molecular weight is 246 g/mol. The third-order valence-electron chi connectivity index (χ3n) is 2.16. The van der Waals surface area contributed by atoms with E-state index in [9.17, 15) is 0 Å². The molecule has 1 aliphatic heterocycles. The smallest absolute Gasteiger partial charge is 0.131 e. The van der Waals surface area contributed by atoms with Crippen molar-refractivity contribution < 1.29 is 0 Å². The molecule has 1 nitrogen and oxygen atoms in total. The summed E-state index contributed by atoms with van der Waals surface area (Å²) in [6, 6.07) is 6.16. The van der Waals surface area contributed by atoms with Gasteiger partial charge in [-0.2, -0.15) is 0 Å². The van der Waals surface area contributed by atoms with Gasteiger partial charge in [-0.05, 0) is 30.0 Å². The van der Waals surface area contributed by atoms with E-state index in [1.807, 2.05) is 12.1 Å². The highest BCUT2D eigenvalue weighted by Gasteiger charge is 2.18. The number of fused-ring (bicyclic) bond motifs is 1. The van der Waals surface area contributed by atoms with E-state index in [0.29, 0.717) is 10.2 Å². The van der Waals surface area contributed by atoms with Crippen molar-refractivity contribution in [3.8, 4) is 0 Å². The van der Waals surface area contributed by atoms with E-state index in [2.05, 4.69) is 17.7 Å². The van der Waals surface area contributed by atoms with E-state index in [1.54, 1.807) is 0 Å². The van der Waals surface area contributed by atoms with Crippen molar-refractivity contribution in [1.29, 1.82) is 0 Å². The second kappa shape index (κ2) is 4.05. The predicted molar refractivity (Wildman–Crippen MR) is 63.4 cm³/mol. The number of hydrogen-bond acceptors (Lipinski definition) is 2. The van der Waals surface area contributed by atoms with Crippen molar-refractivity contribution in [2.45, 2.75) is 18.2 Å². The van der Waals surface area contributed by atoms with Crippen LogP contribution in [-0.4, -0.2) is 0 Å². The van der Waals surface area contributed by atoms with Crippen LogP contribution in [0.5, 0.6) is 0 Å². The summed E-state index contributed by atoms with van der Waals surface area (Å²) in [5.74, 6) is 0. The Morgan fingerprint density at radius 2 is 2.14 bits per heavy atom. The first kappa shape index (κ1) is 10.2. The molecule has 14 heavy (non-hydrogen) atoms. The van der Waals surface area contributed by atoms with Crippen molar-refractivity contribution in [2.24, 2.45) is 0 Å². The van der Waals surface area contributed by atoms with Crippen molar-refractivity contribution >= 4 is 40.2 Å². The molecule has 2 rings (SSSR count). The fourth-order valence-corrected chi connectivity index (χ4v) is 2.84. The van der Waals surface area contributed by atoms with Gasteiger partial charge in [0.15, 0.2) is 0 Å². The molecule has 0 unspecified atom stereocenters. The van der Waals surface area contributed by atoms with Crippen LogP contribution in [0.4, 0.5) is 0 Å². The quantitative estimate of drug-likeness (QED) is 0.594. The van der Waals surface area contributed by atoms with E-state index in [1.165, 1.54) is 17.5 Å². The Balaban J connectivity index is 2.64. The molecule has 74 valence electrons. The van der Waals surface area contributed by atoms with E-state index < -0.39 is 0 Å². The molecule has 1 heterocycles. The number of rotatable bonds is 1. The van der Waals surface area contributed by atoms with E-state index in [0.717, 1.165) is 16.9 Å². The van der Waals surface area contributed by atoms with Crippen LogP contribution < -0.4 is 4.72 Å². The van der Waals surface area contributed by atoms with Gasteiger partial charge in [0, 0.05) is 10.5 Å². The molecule has 0 saturated heterocycles. The summed E-state index contributed by atoms with van der Waals surface area (Å²) >= 11 is 13.6. The highest BCUT2D eigenvalue weighted by molar-refractivity contribution is 7.97. The lowest BCUT2D eigenvalue weighted by Gasteiger charge is -2.19. The minimum absolute atomic E-state index is 0.519. The van der Waals surface area contributed by atoms with Gasteiger partial charge in [0.1, 0.15) is 5.16 Å². The van der Waals surface area contributed by atoms with Gasteiger partial charge in [0.25, 0.3) is 0 Å². The molecule has 0 bridgehead atoms. The summed E-state index contributed by atoms with van der Waals surface area (Å²) in [7, 11) is 0. The van der Waals surface area contributed by atoms with Crippen molar-refractivity contribution in [2.75, 3.05) is 0 Å². The highest BCUT2D eigenvalue weighted by atomic mass is 35.5. The number of aryl methyl sites for hydroxylation is 1. The molecule has 0 amide bonds. The minimum Gasteiger partial charge on any atom is -0.315 e. The first-order valence-electron chi connectivity index (χ1n) is 4.34. The van der Waals surface area contributed by atoms with Crippen LogP contribution in [0.25, 0.3) is 5.03 Å². The lowest BCUT2D eigenvalue weighted by Crippen LogP contribution is -2.07. The molecule has 0 saturated carbocycles. The Morgan fingerprint density at radius 1 is 1.36 bits per heavy atom. The fourth-order valence-electron chi connectivity index (χ4n) is 1.46. The van der Waals surface area contributed by atoms with Gasteiger partial charge in [0.2, 0.25) is 0 Å². The SMILES string of the molecule is CCc1cccc2c1C(Cl)=C(Cl)NS2. The Morgan fingerprint density at radius 3 is 2.86 bits per heavy atom. The summed E-state index contributed by atoms with van der Waals surface area (Å²) in [4.78, 5) is 1.14. The van der Waals surface area contributed by atoms with Crippen LogP contribution in [0.3, 0.4) is 0 Å². The third-order valence-corrected chi connectivity index (χ3v) is 3.89. The average Bonchev–Trinajstić information content (AvgIpc) is 2.23. The Kier molecular flexibility index (Phi) is 2.96. The number of benzene rings is 1. The van der Waals surface area contributed by atoms with Crippen LogP contribution in [-0.2, 0) is 6.42 Å². The predicted octanol–water partition coefficient (Wildman–Crippen LogP) is 3.96. The first-order chi connectivity index (χ1) is 6.74. The lowest BCUT2D eigenvalue weighted by atomic mass is 10.0. The van der Waals surface area contributed by atoms with E-state index in [-0.39, 0.29) is 0 Å². The summed E-state index contributed by atoms with van der Waals surface area (Å²) in [6.45, 7) is 2.11. The van der Waals surface area contributed by atoms with Gasteiger partial charge in [-0.25, -0.2) is 0 Å². The van der Waals surface area contributed by atoms with Gasteiger partial charge in [-0.1, -0.05) is 42.3 Å². The van der Waals surface area contributed by atoms with Crippen LogP contribution in [0.2, 0.25) is 0 Å². The van der Waals surface area contributed by atoms with Crippen molar-refractivity contribution in [3.05, 3.63) is 34.5 Å². The van der Waals surface area contributed by atoms with Gasteiger partial charge in [-0.3, -0.25) is 0 Å². The molecule has 0 fully saturated rings. The molecule has 1 N–H and O–H groups in total. The second-order valence-corrected chi connectivity index (χ2v) is 4.58. The normalized spacial score (nSPS) is 15.1. The van der Waals surface area contributed by atoms with Gasteiger partial charge < -0.3 is 4.72 Å². The van der Waals surface area contributed by atoms with Gasteiger partial charge >= 0.3 is 0 Å². The largest absolute Gasteiger partial charge is 0.315 e. The lowest BCUT2D eigenvalue weighted by molar-refractivity contribution is 1.10. The van der Waals surface area contributed by atoms with Crippen LogP contribution >= 0.6 is 35.1 Å². The maximum absolute atomic E-state index is 6.15. The molecule has 0 atom stereocenters. The van der Waals surface area contributed by atoms with Crippen LogP contribution in [0.1, 0.15) is 18.1 Å². The summed E-state index contributed by atoms with van der Waals surface area (Å²) in [6.07, 6.45) is 0.962. The summed E-state index contributed by atoms with van der Waals surface area (Å²) < 4.78 is 2.97. The fraction of sp³-hybridized carbons (Fsp3) is 0.200. The first-order valence-corrected chi connectivity index (χ1v) is 5.91. The van der Waals surface area contributed by atoms with Gasteiger partial charge in [-0.15, -0.1) is 0 Å². The Labute approximate surface area is 97.6 Å². The molecule has 0 aromatic heterocycles. The standard InChI is InChI=1S/C10H9Cl2NS/c1-2-6-4-3-5-7-8(6)9(11)10(12)13-14-7/h3-5,13H,2H2,1H3. The molecule has 1 aromatic carbocycles. The zero-order chi connectivity index (χ0) is 10.1. The van der Waals surface area contributed by atoms with Crippen molar-refractivity contribution in [1.82, 2.24) is 4.72 Å². The third kappa shape index (κ3) is 1.62. The number of halogens is 2. The second-order valence-electron chi connectivity index (χ2n) is 2.98. The molecule has 4 heteroatoms. The molecular weight excluding hydrogens is 237 g/mol. The zero-order valence-electron chi connectivity index (χ0n) is 7.60. The minimum atomic E-state index is 0.519. The molecule has 0 spiro atoms. The topological polar surface area (TPSA) is 12.0 Å². The monoisotopic (exact) mass is 245 g/mol. The molecule has 1 aromatic rings. The van der Waals surface area contributed by atoms with E-state index in [4.69, 9.17) is 23.2 Å². The maximum Gasteiger partial charge on any atom is 0.131 e. The summed E-state index contributed by atoms with van der Waals surface area (Å²) in [5.41, 5.74) is 2.31. The number of nitrogens with one attached hydrogen (secondary N) is 1. The van der Waals surface area contributed by atoms with E-state index >= 15 is 0 Å². The highest BCUT2D eigenvalue weighted by Crippen LogP contribution is 2.39. The number of hydrogen-bond donors (Lipinski definition) is 1. The molecule has 1 aliphatic rings. The summed E-state index contributed by atoms with van der Waals surface area (Å²) in [5, 5.41) is 1.14. The molecule has 0 radical (unpaired) electrons. The van der Waals surface area contributed by atoms with Gasteiger partial charge in [0.05, 0.1) is 5.03 Å².